The Morgan fingerprint density at radius 1 is 1.33 bits per heavy atom. The average molecular weight is 176 g/mol. The van der Waals surface area contributed by atoms with E-state index in [1.165, 1.54) is 7.11 Å². The Balaban J connectivity index is 3.67. The van der Waals surface area contributed by atoms with E-state index in [4.69, 9.17) is 9.47 Å². The molecule has 0 fully saturated rings. The van der Waals surface area contributed by atoms with Crippen molar-refractivity contribution in [1.82, 2.24) is 0 Å². The van der Waals surface area contributed by atoms with E-state index in [0.717, 1.165) is 0 Å². The van der Waals surface area contributed by atoms with Crippen LogP contribution in [0.25, 0.3) is 0 Å². The van der Waals surface area contributed by atoms with Gasteiger partial charge in [-0.25, -0.2) is 4.79 Å². The summed E-state index contributed by atoms with van der Waals surface area (Å²) in [6.45, 7) is 3.96. The summed E-state index contributed by atoms with van der Waals surface area (Å²) < 4.78 is 14.6. The molecule has 0 aromatic heterocycles. The molecule has 0 N–H and O–H groups in total. The van der Waals surface area contributed by atoms with E-state index in [1.807, 2.05) is 6.92 Å². The number of hydrogen-bond donors (Lipinski definition) is 0. The van der Waals surface area contributed by atoms with Crippen molar-refractivity contribution in [2.24, 2.45) is 0 Å². The molecule has 0 aliphatic carbocycles. The highest BCUT2D eigenvalue weighted by molar-refractivity contribution is 5.73. The van der Waals surface area contributed by atoms with Gasteiger partial charge in [-0.15, -0.1) is 0 Å². The van der Waals surface area contributed by atoms with Crippen LogP contribution < -0.4 is 0 Å². The van der Waals surface area contributed by atoms with Crippen LogP contribution in [-0.2, 0) is 19.0 Å². The molecule has 2 atom stereocenters. The highest BCUT2D eigenvalue weighted by atomic mass is 16.6. The molecule has 0 radical (unpaired) electrons. The summed E-state index contributed by atoms with van der Waals surface area (Å²) in [5.41, 5.74) is 0. The molecule has 0 amide bonds. The van der Waals surface area contributed by atoms with Crippen LogP contribution >= 0.6 is 0 Å². The number of methoxy groups -OCH3 is 2. The van der Waals surface area contributed by atoms with Crippen LogP contribution in [0.15, 0.2) is 0 Å². The fourth-order valence-corrected chi connectivity index (χ4v) is 0.844. The van der Waals surface area contributed by atoms with E-state index in [1.54, 1.807) is 14.0 Å². The largest absolute Gasteiger partial charge is 0.467 e. The van der Waals surface area contributed by atoms with Crippen LogP contribution in [0, 0.1) is 0 Å². The summed E-state index contributed by atoms with van der Waals surface area (Å²) in [7, 11) is 2.92. The molecule has 0 aromatic rings. The number of hydrogen-bond acceptors (Lipinski definition) is 4. The molecule has 0 aliphatic heterocycles. The normalized spacial score (nSPS) is 15.3. The van der Waals surface area contributed by atoms with Crippen molar-refractivity contribution in [3.8, 4) is 0 Å². The van der Waals surface area contributed by atoms with Crippen molar-refractivity contribution in [2.75, 3.05) is 20.8 Å². The predicted molar refractivity (Wildman–Crippen MR) is 43.9 cm³/mol. The molecule has 4 heteroatoms. The average Bonchev–Trinajstić information content (AvgIpc) is 2.03. The highest BCUT2D eigenvalue weighted by Gasteiger charge is 2.16. The number of rotatable bonds is 5. The summed E-state index contributed by atoms with van der Waals surface area (Å²) in [5, 5.41) is 0. The summed E-state index contributed by atoms with van der Waals surface area (Å²) in [6.07, 6.45) is -0.621. The van der Waals surface area contributed by atoms with E-state index in [-0.39, 0.29) is 12.1 Å². The van der Waals surface area contributed by atoms with Gasteiger partial charge in [0.2, 0.25) is 0 Å². The smallest absolute Gasteiger partial charge is 0.334 e. The zero-order valence-corrected chi connectivity index (χ0v) is 7.99. The van der Waals surface area contributed by atoms with Gasteiger partial charge in [-0.05, 0) is 13.8 Å². The Hall–Kier alpha value is -0.610. The lowest BCUT2D eigenvalue weighted by Gasteiger charge is -2.16. The van der Waals surface area contributed by atoms with Gasteiger partial charge in [0, 0.05) is 7.11 Å². The minimum Gasteiger partial charge on any atom is -0.467 e. The van der Waals surface area contributed by atoms with Crippen molar-refractivity contribution in [1.29, 1.82) is 0 Å². The van der Waals surface area contributed by atoms with Crippen LogP contribution in [0.5, 0.6) is 0 Å². The predicted octanol–water partition coefficient (Wildman–Crippen LogP) is 0.599. The first-order valence-electron chi connectivity index (χ1n) is 3.84. The lowest BCUT2D eigenvalue weighted by molar-refractivity contribution is -0.157. The van der Waals surface area contributed by atoms with Crippen molar-refractivity contribution in [3.05, 3.63) is 0 Å². The van der Waals surface area contributed by atoms with Gasteiger partial charge in [0.25, 0.3) is 0 Å². The van der Waals surface area contributed by atoms with Crippen LogP contribution in [-0.4, -0.2) is 39.0 Å². The zero-order chi connectivity index (χ0) is 9.56. The molecule has 0 aromatic carbocycles. The monoisotopic (exact) mass is 176 g/mol. The van der Waals surface area contributed by atoms with Gasteiger partial charge in [0.15, 0.2) is 6.10 Å². The first-order chi connectivity index (χ1) is 5.61. The Morgan fingerprint density at radius 3 is 2.33 bits per heavy atom. The fraction of sp³-hybridized carbons (Fsp3) is 0.875. The lowest BCUT2D eigenvalue weighted by atomic mass is 10.3. The SMILES string of the molecule is COCC(C)O[C@@H](C)C(=O)OC. The van der Waals surface area contributed by atoms with E-state index in [9.17, 15) is 4.79 Å². The maximum atomic E-state index is 10.9. The lowest BCUT2D eigenvalue weighted by Crippen LogP contribution is -2.28. The van der Waals surface area contributed by atoms with Crippen LogP contribution in [0.1, 0.15) is 13.8 Å². The maximum absolute atomic E-state index is 10.9. The van der Waals surface area contributed by atoms with Gasteiger partial charge < -0.3 is 14.2 Å². The molecule has 0 saturated carbocycles. The van der Waals surface area contributed by atoms with E-state index >= 15 is 0 Å². The number of carbonyl (C=O) groups excluding carboxylic acids is 1. The quantitative estimate of drug-likeness (QED) is 0.575. The molecule has 0 heterocycles. The molecule has 0 bridgehead atoms. The van der Waals surface area contributed by atoms with Crippen molar-refractivity contribution >= 4 is 5.97 Å². The summed E-state index contributed by atoms with van der Waals surface area (Å²) in [6, 6.07) is 0. The first-order valence-corrected chi connectivity index (χ1v) is 3.84. The summed E-state index contributed by atoms with van der Waals surface area (Å²) in [4.78, 5) is 10.9. The highest BCUT2D eigenvalue weighted by Crippen LogP contribution is 1.99. The van der Waals surface area contributed by atoms with Gasteiger partial charge in [-0.3, -0.25) is 0 Å². The summed E-state index contributed by atoms with van der Waals surface area (Å²) >= 11 is 0. The molecule has 0 saturated heterocycles. The fourth-order valence-electron chi connectivity index (χ4n) is 0.844. The Bertz CT molecular complexity index is 135. The van der Waals surface area contributed by atoms with Gasteiger partial charge in [0.05, 0.1) is 19.8 Å². The van der Waals surface area contributed by atoms with Gasteiger partial charge >= 0.3 is 5.97 Å². The minimum absolute atomic E-state index is 0.0934. The van der Waals surface area contributed by atoms with Crippen LogP contribution in [0.4, 0.5) is 0 Å². The number of esters is 1. The molecule has 0 rings (SSSR count). The second-order valence-electron chi connectivity index (χ2n) is 2.57. The Labute approximate surface area is 72.8 Å². The Kier molecular flexibility index (Phi) is 5.66. The third kappa shape index (κ3) is 4.31. The molecule has 1 unspecified atom stereocenters. The Morgan fingerprint density at radius 2 is 1.92 bits per heavy atom. The second-order valence-corrected chi connectivity index (χ2v) is 2.57. The van der Waals surface area contributed by atoms with Crippen LogP contribution in [0.3, 0.4) is 0 Å². The molecular weight excluding hydrogens is 160 g/mol. The van der Waals surface area contributed by atoms with Crippen molar-refractivity contribution in [2.45, 2.75) is 26.1 Å². The number of ether oxygens (including phenoxy) is 3. The second kappa shape index (κ2) is 5.97. The standard InChI is InChI=1S/C8H16O4/c1-6(5-10-3)12-7(2)8(9)11-4/h6-7H,5H2,1-4H3/t6?,7-/m0/s1. The molecule has 72 valence electrons. The van der Waals surface area contributed by atoms with Gasteiger partial charge in [0.1, 0.15) is 0 Å². The van der Waals surface area contributed by atoms with Crippen LogP contribution in [0.2, 0.25) is 0 Å². The van der Waals surface area contributed by atoms with Gasteiger partial charge in [-0.1, -0.05) is 0 Å². The van der Waals surface area contributed by atoms with E-state index in [2.05, 4.69) is 4.74 Å². The first kappa shape index (κ1) is 11.4. The van der Waals surface area contributed by atoms with Gasteiger partial charge in [-0.2, -0.15) is 0 Å². The third-order valence-electron chi connectivity index (χ3n) is 1.37. The molecule has 4 nitrogen and oxygen atoms in total. The molecular formula is C8H16O4. The maximum Gasteiger partial charge on any atom is 0.334 e. The van der Waals surface area contributed by atoms with Crippen molar-refractivity contribution in [3.63, 3.8) is 0 Å². The molecule has 12 heavy (non-hydrogen) atoms. The van der Waals surface area contributed by atoms with E-state index < -0.39 is 6.10 Å². The van der Waals surface area contributed by atoms with E-state index in [0.29, 0.717) is 6.61 Å². The third-order valence-corrected chi connectivity index (χ3v) is 1.37. The number of carbonyl (C=O) groups is 1. The topological polar surface area (TPSA) is 44.8 Å². The molecule has 0 spiro atoms. The van der Waals surface area contributed by atoms with Crippen molar-refractivity contribution < 1.29 is 19.0 Å². The summed E-state index contributed by atoms with van der Waals surface area (Å²) in [5.74, 6) is -0.363. The zero-order valence-electron chi connectivity index (χ0n) is 7.99. The molecule has 0 aliphatic rings. The minimum atomic E-state index is -0.528.